The fourth-order valence-corrected chi connectivity index (χ4v) is 3.35. The third-order valence-electron chi connectivity index (χ3n) is 5.22. The van der Waals surface area contributed by atoms with Crippen molar-refractivity contribution in [3.63, 3.8) is 0 Å². The Hall–Kier alpha value is -2.33. The molecule has 0 aliphatic heterocycles. The van der Waals surface area contributed by atoms with Crippen LogP contribution in [0.5, 0.6) is 0 Å². The smallest absolute Gasteiger partial charge is 0.242 e. The lowest BCUT2D eigenvalue weighted by Crippen LogP contribution is -2.50. The van der Waals surface area contributed by atoms with Crippen LogP contribution in [0.3, 0.4) is 0 Å². The first kappa shape index (κ1) is 23.0. The van der Waals surface area contributed by atoms with E-state index in [0.717, 1.165) is 17.5 Å². The van der Waals surface area contributed by atoms with Crippen molar-refractivity contribution < 1.29 is 9.59 Å². The molecule has 0 saturated carbocycles. The number of hydrogen-bond donors (Lipinski definition) is 1. The summed E-state index contributed by atoms with van der Waals surface area (Å²) in [5, 5.41) is 3.66. The lowest BCUT2D eigenvalue weighted by molar-refractivity contribution is -0.140. The standard InChI is InChI=1S/C24H31ClN2O2/c1-4-18(2)26-24(29)19(3)27(17-16-20-10-6-5-7-11-20)23(28)15-14-21-12-8-9-13-22(21)25/h5-13,18-19H,4,14-17H2,1-3H3,(H,26,29)/t18-,19+/m1/s1. The summed E-state index contributed by atoms with van der Waals surface area (Å²) in [6.45, 7) is 6.30. The molecule has 0 saturated heterocycles. The van der Waals surface area contributed by atoms with Crippen molar-refractivity contribution in [2.24, 2.45) is 0 Å². The van der Waals surface area contributed by atoms with Crippen LogP contribution in [0, 0.1) is 0 Å². The number of aryl methyl sites for hydroxylation is 1. The number of carbonyl (C=O) groups excluding carboxylic acids is 2. The van der Waals surface area contributed by atoms with Gasteiger partial charge < -0.3 is 10.2 Å². The molecular weight excluding hydrogens is 384 g/mol. The van der Waals surface area contributed by atoms with Gasteiger partial charge in [-0.2, -0.15) is 0 Å². The van der Waals surface area contributed by atoms with Gasteiger partial charge in [0.05, 0.1) is 0 Å². The quantitative estimate of drug-likeness (QED) is 0.615. The molecule has 29 heavy (non-hydrogen) atoms. The van der Waals surface area contributed by atoms with E-state index in [0.29, 0.717) is 30.8 Å². The molecule has 4 nitrogen and oxygen atoms in total. The van der Waals surface area contributed by atoms with E-state index in [2.05, 4.69) is 5.32 Å². The topological polar surface area (TPSA) is 49.4 Å². The minimum atomic E-state index is -0.522. The first-order valence-electron chi connectivity index (χ1n) is 10.3. The minimum absolute atomic E-state index is 0.0346. The van der Waals surface area contributed by atoms with Crippen LogP contribution in [-0.4, -0.2) is 35.3 Å². The maximum Gasteiger partial charge on any atom is 0.242 e. The van der Waals surface area contributed by atoms with Gasteiger partial charge in [-0.3, -0.25) is 9.59 Å². The number of nitrogens with one attached hydrogen (secondary N) is 1. The Morgan fingerprint density at radius 1 is 1.00 bits per heavy atom. The Morgan fingerprint density at radius 3 is 2.31 bits per heavy atom. The fraction of sp³-hybridized carbons (Fsp3) is 0.417. The second-order valence-electron chi connectivity index (χ2n) is 7.41. The van der Waals surface area contributed by atoms with E-state index in [1.165, 1.54) is 0 Å². The van der Waals surface area contributed by atoms with Gasteiger partial charge in [0.2, 0.25) is 11.8 Å². The molecule has 156 valence electrons. The number of halogens is 1. The molecule has 2 atom stereocenters. The maximum absolute atomic E-state index is 13.1. The molecule has 2 aromatic carbocycles. The number of nitrogens with zero attached hydrogens (tertiary/aromatic N) is 1. The van der Waals surface area contributed by atoms with E-state index in [1.807, 2.05) is 68.4 Å². The number of carbonyl (C=O) groups is 2. The first-order valence-corrected chi connectivity index (χ1v) is 10.7. The highest BCUT2D eigenvalue weighted by atomic mass is 35.5. The second kappa shape index (κ2) is 11.6. The second-order valence-corrected chi connectivity index (χ2v) is 7.82. The number of benzene rings is 2. The highest BCUT2D eigenvalue weighted by Crippen LogP contribution is 2.18. The van der Waals surface area contributed by atoms with Crippen LogP contribution in [0.2, 0.25) is 5.02 Å². The normalized spacial score (nSPS) is 12.8. The molecule has 2 rings (SSSR count). The van der Waals surface area contributed by atoms with Crippen LogP contribution in [0.15, 0.2) is 54.6 Å². The molecule has 0 heterocycles. The van der Waals surface area contributed by atoms with Gasteiger partial charge >= 0.3 is 0 Å². The van der Waals surface area contributed by atoms with Crippen LogP contribution >= 0.6 is 11.6 Å². The summed E-state index contributed by atoms with van der Waals surface area (Å²) < 4.78 is 0. The summed E-state index contributed by atoms with van der Waals surface area (Å²) in [7, 11) is 0. The molecule has 2 aromatic rings. The van der Waals surface area contributed by atoms with Crippen molar-refractivity contribution in [2.75, 3.05) is 6.54 Å². The molecule has 0 aliphatic carbocycles. The van der Waals surface area contributed by atoms with Gasteiger partial charge in [-0.1, -0.05) is 67.1 Å². The lowest BCUT2D eigenvalue weighted by Gasteiger charge is -2.29. The summed E-state index contributed by atoms with van der Waals surface area (Å²) in [6, 6.07) is 17.1. The maximum atomic E-state index is 13.1. The van der Waals surface area contributed by atoms with Crippen LogP contribution in [0.4, 0.5) is 0 Å². The Morgan fingerprint density at radius 2 is 1.66 bits per heavy atom. The molecular formula is C24H31ClN2O2. The number of rotatable bonds is 10. The predicted molar refractivity (Wildman–Crippen MR) is 119 cm³/mol. The van der Waals surface area contributed by atoms with Crippen molar-refractivity contribution in [2.45, 2.75) is 58.5 Å². The van der Waals surface area contributed by atoms with Crippen LogP contribution in [0.25, 0.3) is 0 Å². The zero-order chi connectivity index (χ0) is 21.2. The third kappa shape index (κ3) is 7.21. The molecule has 0 aliphatic rings. The molecule has 0 spiro atoms. The van der Waals surface area contributed by atoms with Crippen LogP contribution in [-0.2, 0) is 22.4 Å². The average molecular weight is 415 g/mol. The molecule has 2 amide bonds. The van der Waals surface area contributed by atoms with E-state index >= 15 is 0 Å². The summed E-state index contributed by atoms with van der Waals surface area (Å²) in [4.78, 5) is 27.4. The molecule has 0 bridgehead atoms. The third-order valence-corrected chi connectivity index (χ3v) is 5.59. The fourth-order valence-electron chi connectivity index (χ4n) is 3.12. The van der Waals surface area contributed by atoms with Gasteiger partial charge in [0.1, 0.15) is 6.04 Å². The van der Waals surface area contributed by atoms with Crippen molar-refractivity contribution in [1.82, 2.24) is 10.2 Å². The summed E-state index contributed by atoms with van der Waals surface area (Å²) in [5.41, 5.74) is 2.09. The van der Waals surface area contributed by atoms with Gasteiger partial charge in [0.15, 0.2) is 0 Å². The molecule has 5 heteroatoms. The first-order chi connectivity index (χ1) is 13.9. The zero-order valence-corrected chi connectivity index (χ0v) is 18.3. The van der Waals surface area contributed by atoms with E-state index < -0.39 is 6.04 Å². The Balaban J connectivity index is 2.08. The molecule has 0 unspecified atom stereocenters. The summed E-state index contributed by atoms with van der Waals surface area (Å²) >= 11 is 6.23. The average Bonchev–Trinajstić information content (AvgIpc) is 2.73. The molecule has 0 radical (unpaired) electrons. The summed E-state index contributed by atoms with van der Waals surface area (Å²) in [5.74, 6) is -0.147. The SMILES string of the molecule is CC[C@@H](C)NC(=O)[C@H](C)N(CCc1ccccc1)C(=O)CCc1ccccc1Cl. The Kier molecular flexibility index (Phi) is 9.20. The van der Waals surface area contributed by atoms with Crippen molar-refractivity contribution in [1.29, 1.82) is 0 Å². The highest BCUT2D eigenvalue weighted by Gasteiger charge is 2.26. The van der Waals surface area contributed by atoms with E-state index in [1.54, 1.807) is 11.8 Å². The van der Waals surface area contributed by atoms with E-state index in [9.17, 15) is 9.59 Å². The van der Waals surface area contributed by atoms with Gasteiger partial charge in [-0.25, -0.2) is 0 Å². The lowest BCUT2D eigenvalue weighted by atomic mass is 10.1. The molecule has 1 N–H and O–H groups in total. The van der Waals surface area contributed by atoms with Crippen molar-refractivity contribution >= 4 is 23.4 Å². The van der Waals surface area contributed by atoms with Crippen LogP contribution < -0.4 is 5.32 Å². The highest BCUT2D eigenvalue weighted by molar-refractivity contribution is 6.31. The van der Waals surface area contributed by atoms with Gasteiger partial charge in [0, 0.05) is 24.0 Å². The summed E-state index contributed by atoms with van der Waals surface area (Å²) in [6.07, 6.45) is 2.43. The predicted octanol–water partition coefficient (Wildman–Crippen LogP) is 4.65. The van der Waals surface area contributed by atoms with Crippen molar-refractivity contribution in [3.8, 4) is 0 Å². The largest absolute Gasteiger partial charge is 0.352 e. The number of hydrogen-bond acceptors (Lipinski definition) is 2. The minimum Gasteiger partial charge on any atom is -0.352 e. The zero-order valence-electron chi connectivity index (χ0n) is 17.5. The monoisotopic (exact) mass is 414 g/mol. The molecule has 0 aromatic heterocycles. The van der Waals surface area contributed by atoms with Gasteiger partial charge in [-0.05, 0) is 50.3 Å². The van der Waals surface area contributed by atoms with Gasteiger partial charge in [0.25, 0.3) is 0 Å². The van der Waals surface area contributed by atoms with Crippen molar-refractivity contribution in [3.05, 3.63) is 70.7 Å². The Bertz CT molecular complexity index is 794. The van der Waals surface area contributed by atoms with E-state index in [4.69, 9.17) is 11.6 Å². The van der Waals surface area contributed by atoms with Crippen LogP contribution in [0.1, 0.15) is 44.7 Å². The Labute approximate surface area is 179 Å². The molecule has 0 fully saturated rings. The number of amides is 2. The van der Waals surface area contributed by atoms with Gasteiger partial charge in [-0.15, -0.1) is 0 Å². The van der Waals surface area contributed by atoms with E-state index in [-0.39, 0.29) is 17.9 Å².